The first-order chi connectivity index (χ1) is 7.24. The van der Waals surface area contributed by atoms with Crippen molar-refractivity contribution < 1.29 is 0 Å². The summed E-state index contributed by atoms with van der Waals surface area (Å²) in [5, 5.41) is 11.9. The number of nitrogens with zero attached hydrogens (tertiary/aromatic N) is 2. The van der Waals surface area contributed by atoms with Crippen molar-refractivity contribution in [2.45, 2.75) is 46.0 Å². The van der Waals surface area contributed by atoms with Gasteiger partial charge in [0.05, 0.1) is 5.69 Å². The molecule has 3 heteroatoms. The monoisotopic (exact) mass is 205 g/mol. The molecule has 1 aromatic heterocycles. The van der Waals surface area contributed by atoms with Gasteiger partial charge in [-0.1, -0.05) is 6.92 Å². The van der Waals surface area contributed by atoms with Crippen molar-refractivity contribution in [3.05, 3.63) is 16.8 Å². The van der Waals surface area contributed by atoms with Gasteiger partial charge in [0, 0.05) is 12.5 Å². The van der Waals surface area contributed by atoms with E-state index in [1.165, 1.54) is 29.7 Å². The zero-order valence-electron chi connectivity index (χ0n) is 9.80. The first kappa shape index (κ1) is 10.4. The van der Waals surface area contributed by atoms with E-state index >= 15 is 0 Å². The molecule has 1 aliphatic rings. The smallest absolute Gasteiger partial charge is 0.151 e. The topological polar surface area (TPSA) is 37.8 Å². The van der Waals surface area contributed by atoms with E-state index in [4.69, 9.17) is 0 Å². The van der Waals surface area contributed by atoms with Crippen LogP contribution in [0.25, 0.3) is 0 Å². The zero-order chi connectivity index (χ0) is 10.8. The lowest BCUT2D eigenvalue weighted by Crippen LogP contribution is -2.08. The molecule has 0 saturated heterocycles. The summed E-state index contributed by atoms with van der Waals surface area (Å²) in [5.74, 6) is 1.65. The Bertz CT molecular complexity index is 356. The van der Waals surface area contributed by atoms with Crippen LogP contribution in [0.3, 0.4) is 0 Å². The molecule has 15 heavy (non-hydrogen) atoms. The molecular formula is C12H19N3. The van der Waals surface area contributed by atoms with Gasteiger partial charge in [0.2, 0.25) is 0 Å². The summed E-state index contributed by atoms with van der Waals surface area (Å²) < 4.78 is 0. The molecule has 1 aliphatic carbocycles. The molecule has 0 amide bonds. The SMILES string of the molecule is CCCNc1nnc(C2CC2)c(C)c1C. The predicted molar refractivity (Wildman–Crippen MR) is 62.3 cm³/mol. The van der Waals surface area contributed by atoms with Gasteiger partial charge in [0.25, 0.3) is 0 Å². The van der Waals surface area contributed by atoms with Gasteiger partial charge >= 0.3 is 0 Å². The van der Waals surface area contributed by atoms with E-state index in [1.807, 2.05) is 0 Å². The Balaban J connectivity index is 2.23. The minimum atomic E-state index is 0.691. The molecule has 1 heterocycles. The van der Waals surface area contributed by atoms with Crippen molar-refractivity contribution in [3.8, 4) is 0 Å². The molecule has 0 atom stereocenters. The van der Waals surface area contributed by atoms with Crippen molar-refractivity contribution in [2.75, 3.05) is 11.9 Å². The van der Waals surface area contributed by atoms with Gasteiger partial charge in [-0.25, -0.2) is 0 Å². The number of nitrogens with one attached hydrogen (secondary N) is 1. The van der Waals surface area contributed by atoms with Crippen molar-refractivity contribution in [1.82, 2.24) is 10.2 Å². The molecule has 0 spiro atoms. The van der Waals surface area contributed by atoms with Crippen molar-refractivity contribution in [2.24, 2.45) is 0 Å². The molecule has 3 nitrogen and oxygen atoms in total. The molecule has 0 unspecified atom stereocenters. The third-order valence-electron chi connectivity index (χ3n) is 3.07. The first-order valence-corrected chi connectivity index (χ1v) is 5.81. The van der Waals surface area contributed by atoms with Gasteiger partial charge in [-0.15, -0.1) is 5.10 Å². The third-order valence-corrected chi connectivity index (χ3v) is 3.07. The average molecular weight is 205 g/mol. The van der Waals surface area contributed by atoms with E-state index < -0.39 is 0 Å². The fourth-order valence-corrected chi connectivity index (χ4v) is 1.78. The first-order valence-electron chi connectivity index (χ1n) is 5.81. The van der Waals surface area contributed by atoms with Gasteiger partial charge in [0.15, 0.2) is 5.82 Å². The maximum absolute atomic E-state index is 4.34. The fraction of sp³-hybridized carbons (Fsp3) is 0.667. The standard InChI is InChI=1S/C12H19N3/c1-4-7-13-12-9(3)8(2)11(14-15-12)10-5-6-10/h10H,4-7H2,1-3H3,(H,13,15). The van der Waals surface area contributed by atoms with Gasteiger partial charge in [-0.3, -0.25) is 0 Å². The maximum atomic E-state index is 4.34. The summed E-state index contributed by atoms with van der Waals surface area (Å²) in [5.41, 5.74) is 3.81. The van der Waals surface area contributed by atoms with Crippen molar-refractivity contribution in [3.63, 3.8) is 0 Å². The lowest BCUT2D eigenvalue weighted by atomic mass is 10.1. The Labute approximate surface area is 91.3 Å². The second kappa shape index (κ2) is 4.17. The fourth-order valence-electron chi connectivity index (χ4n) is 1.78. The van der Waals surface area contributed by atoms with E-state index in [-0.39, 0.29) is 0 Å². The number of anilines is 1. The zero-order valence-corrected chi connectivity index (χ0v) is 9.80. The van der Waals surface area contributed by atoms with Crippen LogP contribution in [0.2, 0.25) is 0 Å². The third kappa shape index (κ3) is 2.11. The minimum absolute atomic E-state index is 0.691. The molecule has 1 saturated carbocycles. The number of rotatable bonds is 4. The van der Waals surface area contributed by atoms with Gasteiger partial charge in [0.1, 0.15) is 0 Å². The Kier molecular flexibility index (Phi) is 2.89. The lowest BCUT2D eigenvalue weighted by molar-refractivity contribution is 0.868. The van der Waals surface area contributed by atoms with Crippen LogP contribution in [0, 0.1) is 13.8 Å². The molecule has 0 radical (unpaired) electrons. The van der Waals surface area contributed by atoms with Gasteiger partial charge in [-0.2, -0.15) is 5.10 Å². The highest BCUT2D eigenvalue weighted by atomic mass is 15.2. The average Bonchev–Trinajstić information content (AvgIpc) is 3.04. The van der Waals surface area contributed by atoms with E-state index in [0.717, 1.165) is 18.8 Å². The van der Waals surface area contributed by atoms with Crippen LogP contribution >= 0.6 is 0 Å². The van der Waals surface area contributed by atoms with Crippen molar-refractivity contribution in [1.29, 1.82) is 0 Å². The molecule has 1 fully saturated rings. The molecule has 0 bridgehead atoms. The normalized spacial score (nSPS) is 15.4. The van der Waals surface area contributed by atoms with Crippen molar-refractivity contribution >= 4 is 5.82 Å². The molecule has 1 aromatic rings. The molecule has 1 N–H and O–H groups in total. The second-order valence-corrected chi connectivity index (χ2v) is 4.38. The van der Waals surface area contributed by atoms with Crippen LogP contribution in [0.5, 0.6) is 0 Å². The number of hydrogen-bond donors (Lipinski definition) is 1. The molecule has 0 aliphatic heterocycles. The Morgan fingerprint density at radius 3 is 2.53 bits per heavy atom. The molecule has 82 valence electrons. The highest BCUT2D eigenvalue weighted by molar-refractivity contribution is 5.48. The van der Waals surface area contributed by atoms with Crippen LogP contribution in [0.1, 0.15) is 48.9 Å². The second-order valence-electron chi connectivity index (χ2n) is 4.38. The predicted octanol–water partition coefficient (Wildman–Crippen LogP) is 2.79. The highest BCUT2D eigenvalue weighted by Crippen LogP contribution is 2.41. The minimum Gasteiger partial charge on any atom is -0.368 e. The number of aromatic nitrogens is 2. The molecule has 2 rings (SSSR count). The Morgan fingerprint density at radius 2 is 1.93 bits per heavy atom. The Morgan fingerprint density at radius 1 is 1.20 bits per heavy atom. The number of hydrogen-bond acceptors (Lipinski definition) is 3. The van der Waals surface area contributed by atoms with E-state index in [0.29, 0.717) is 5.92 Å². The van der Waals surface area contributed by atoms with E-state index in [2.05, 4.69) is 36.3 Å². The lowest BCUT2D eigenvalue weighted by Gasteiger charge is -2.11. The summed E-state index contributed by atoms with van der Waals surface area (Å²) in [6.07, 6.45) is 3.69. The van der Waals surface area contributed by atoms with E-state index in [9.17, 15) is 0 Å². The van der Waals surface area contributed by atoms with Gasteiger partial charge < -0.3 is 5.32 Å². The summed E-state index contributed by atoms with van der Waals surface area (Å²) >= 11 is 0. The summed E-state index contributed by atoms with van der Waals surface area (Å²) in [7, 11) is 0. The summed E-state index contributed by atoms with van der Waals surface area (Å²) in [6, 6.07) is 0. The Hall–Kier alpha value is -1.12. The highest BCUT2D eigenvalue weighted by Gasteiger charge is 2.28. The van der Waals surface area contributed by atoms with Crippen LogP contribution in [0.4, 0.5) is 5.82 Å². The summed E-state index contributed by atoms with van der Waals surface area (Å²) in [6.45, 7) is 7.42. The maximum Gasteiger partial charge on any atom is 0.151 e. The quantitative estimate of drug-likeness (QED) is 0.821. The van der Waals surface area contributed by atoms with E-state index in [1.54, 1.807) is 0 Å². The van der Waals surface area contributed by atoms with Crippen LogP contribution in [-0.2, 0) is 0 Å². The molecular weight excluding hydrogens is 186 g/mol. The molecule has 0 aromatic carbocycles. The van der Waals surface area contributed by atoms with Gasteiger partial charge in [-0.05, 0) is 44.2 Å². The van der Waals surface area contributed by atoms with Crippen LogP contribution in [0.15, 0.2) is 0 Å². The van der Waals surface area contributed by atoms with Crippen LogP contribution in [-0.4, -0.2) is 16.7 Å². The van der Waals surface area contributed by atoms with Crippen LogP contribution < -0.4 is 5.32 Å². The summed E-state index contributed by atoms with van der Waals surface area (Å²) in [4.78, 5) is 0. The largest absolute Gasteiger partial charge is 0.368 e.